The first-order valence-corrected chi connectivity index (χ1v) is 10.2. The fraction of sp³-hybridized carbons (Fsp3) is 0.364. The van der Waals surface area contributed by atoms with Crippen molar-refractivity contribution in [3.8, 4) is 17.2 Å². The van der Waals surface area contributed by atoms with Gasteiger partial charge in [0.2, 0.25) is 5.91 Å². The molecule has 0 radical (unpaired) electrons. The van der Waals surface area contributed by atoms with Gasteiger partial charge in [0.15, 0.2) is 11.5 Å². The molecule has 2 aromatic carbocycles. The Morgan fingerprint density at radius 3 is 2.31 bits per heavy atom. The van der Waals surface area contributed by atoms with E-state index in [1.807, 2.05) is 50.2 Å². The molecule has 1 aliphatic heterocycles. The van der Waals surface area contributed by atoms with Crippen LogP contribution in [0.25, 0.3) is 0 Å². The molecule has 29 heavy (non-hydrogen) atoms. The maximum absolute atomic E-state index is 12.8. The quantitative estimate of drug-likeness (QED) is 0.649. The highest BCUT2D eigenvalue weighted by Crippen LogP contribution is 2.34. The van der Waals surface area contributed by atoms with Gasteiger partial charge in [-0.05, 0) is 55.7 Å². The van der Waals surface area contributed by atoms with Gasteiger partial charge in [0, 0.05) is 0 Å². The van der Waals surface area contributed by atoms with Gasteiger partial charge in [-0.1, -0.05) is 29.5 Å². The van der Waals surface area contributed by atoms with Crippen LogP contribution in [0.15, 0.2) is 36.4 Å². The van der Waals surface area contributed by atoms with Crippen molar-refractivity contribution >= 4 is 22.9 Å². The van der Waals surface area contributed by atoms with Crippen molar-refractivity contribution in [3.05, 3.63) is 53.1 Å². The average Bonchev–Trinajstić information content (AvgIpc) is 2.98. The number of methoxy groups -OCH3 is 2. The number of imide groups is 1. The summed E-state index contributed by atoms with van der Waals surface area (Å²) in [4.78, 5) is 26.4. The lowest BCUT2D eigenvalue weighted by molar-refractivity contribution is -0.126. The van der Waals surface area contributed by atoms with Crippen LogP contribution in [-0.2, 0) is 11.2 Å². The van der Waals surface area contributed by atoms with Crippen molar-refractivity contribution in [1.29, 1.82) is 0 Å². The fourth-order valence-electron chi connectivity index (χ4n) is 3.16. The molecule has 0 spiro atoms. The van der Waals surface area contributed by atoms with E-state index in [4.69, 9.17) is 14.2 Å². The third kappa shape index (κ3) is 4.85. The van der Waals surface area contributed by atoms with Crippen LogP contribution in [0.5, 0.6) is 17.2 Å². The molecule has 3 rings (SSSR count). The van der Waals surface area contributed by atoms with Gasteiger partial charge in [0.05, 0.1) is 26.0 Å². The molecule has 154 valence electrons. The topological polar surface area (TPSA) is 65.1 Å². The highest BCUT2D eigenvalue weighted by atomic mass is 32.2. The van der Waals surface area contributed by atoms with Crippen LogP contribution < -0.4 is 14.2 Å². The summed E-state index contributed by atoms with van der Waals surface area (Å²) in [6.07, 6.45) is 0.455. The lowest BCUT2D eigenvalue weighted by Crippen LogP contribution is -2.35. The summed E-state index contributed by atoms with van der Waals surface area (Å²) < 4.78 is 16.3. The fourth-order valence-corrected chi connectivity index (χ4v) is 4.20. The van der Waals surface area contributed by atoms with E-state index in [0.717, 1.165) is 34.2 Å². The van der Waals surface area contributed by atoms with Crippen molar-refractivity contribution in [3.63, 3.8) is 0 Å². The van der Waals surface area contributed by atoms with Gasteiger partial charge in [-0.2, -0.15) is 0 Å². The maximum atomic E-state index is 12.8. The number of ether oxygens (including phenoxy) is 3. The van der Waals surface area contributed by atoms with Crippen LogP contribution in [0.3, 0.4) is 0 Å². The largest absolute Gasteiger partial charge is 0.493 e. The Hall–Kier alpha value is -2.67. The second-order valence-electron chi connectivity index (χ2n) is 6.86. The average molecular weight is 416 g/mol. The van der Waals surface area contributed by atoms with E-state index in [0.29, 0.717) is 17.9 Å². The molecule has 1 heterocycles. The summed E-state index contributed by atoms with van der Waals surface area (Å²) in [5.41, 5.74) is 3.09. The van der Waals surface area contributed by atoms with Crippen LogP contribution in [-0.4, -0.2) is 48.7 Å². The van der Waals surface area contributed by atoms with Crippen molar-refractivity contribution in [2.75, 3.05) is 27.4 Å². The number of nitrogens with zero attached hydrogens (tertiary/aromatic N) is 1. The van der Waals surface area contributed by atoms with Crippen molar-refractivity contribution in [2.24, 2.45) is 0 Å². The zero-order valence-corrected chi connectivity index (χ0v) is 17.9. The number of thioether (sulfide) groups is 1. The van der Waals surface area contributed by atoms with Crippen LogP contribution in [0, 0.1) is 13.8 Å². The molecule has 0 N–H and O–H groups in total. The maximum Gasteiger partial charge on any atom is 0.289 e. The molecule has 0 aromatic heterocycles. The number of carbonyl (C=O) groups excluding carboxylic acids is 2. The summed E-state index contributed by atoms with van der Waals surface area (Å²) in [5, 5.41) is -0.677. The molecule has 1 fully saturated rings. The van der Waals surface area contributed by atoms with Gasteiger partial charge in [-0.3, -0.25) is 14.5 Å². The molecule has 0 aliphatic carbocycles. The monoisotopic (exact) mass is 415 g/mol. The normalized spacial score (nSPS) is 16.3. The summed E-state index contributed by atoms with van der Waals surface area (Å²) in [5.74, 6) is 1.80. The summed E-state index contributed by atoms with van der Waals surface area (Å²) in [6, 6.07) is 11.4. The zero-order chi connectivity index (χ0) is 21.0. The molecule has 1 saturated heterocycles. The van der Waals surface area contributed by atoms with Crippen molar-refractivity contribution < 1.29 is 23.8 Å². The van der Waals surface area contributed by atoms with E-state index >= 15 is 0 Å². The lowest BCUT2D eigenvalue weighted by Gasteiger charge is -2.16. The van der Waals surface area contributed by atoms with Gasteiger partial charge in [-0.15, -0.1) is 0 Å². The molecule has 0 unspecified atom stereocenters. The third-order valence-electron chi connectivity index (χ3n) is 4.86. The van der Waals surface area contributed by atoms with Crippen LogP contribution in [0.1, 0.15) is 16.7 Å². The number of amides is 2. The summed E-state index contributed by atoms with van der Waals surface area (Å²) in [6.45, 7) is 4.46. The van der Waals surface area contributed by atoms with E-state index in [-0.39, 0.29) is 24.3 Å². The van der Waals surface area contributed by atoms with E-state index < -0.39 is 5.25 Å². The highest BCUT2D eigenvalue weighted by molar-refractivity contribution is 8.15. The molecule has 2 aromatic rings. The number of benzene rings is 2. The van der Waals surface area contributed by atoms with Gasteiger partial charge in [-0.25, -0.2) is 0 Å². The first kappa shape index (κ1) is 21.0. The Balaban J connectivity index is 1.62. The Labute approximate surface area is 175 Å². The molecule has 6 nitrogen and oxygen atoms in total. The number of aryl methyl sites for hydroxylation is 2. The Kier molecular flexibility index (Phi) is 6.69. The van der Waals surface area contributed by atoms with Gasteiger partial charge in [0.1, 0.15) is 12.4 Å². The molecule has 2 amide bonds. The Morgan fingerprint density at radius 1 is 1.00 bits per heavy atom. The summed E-state index contributed by atoms with van der Waals surface area (Å²) >= 11 is 1.07. The second kappa shape index (κ2) is 9.22. The Morgan fingerprint density at radius 2 is 1.66 bits per heavy atom. The molecule has 0 saturated carbocycles. The second-order valence-corrected chi connectivity index (χ2v) is 8.02. The van der Waals surface area contributed by atoms with Crippen molar-refractivity contribution in [1.82, 2.24) is 4.90 Å². The molecular formula is C22H25NO5S. The van der Waals surface area contributed by atoms with Crippen LogP contribution in [0.2, 0.25) is 0 Å². The number of rotatable bonds is 8. The first-order chi connectivity index (χ1) is 13.9. The van der Waals surface area contributed by atoms with Gasteiger partial charge >= 0.3 is 0 Å². The van der Waals surface area contributed by atoms with E-state index in [1.165, 1.54) is 4.90 Å². The van der Waals surface area contributed by atoms with E-state index in [2.05, 4.69) is 0 Å². The number of hydrogen-bond acceptors (Lipinski definition) is 6. The van der Waals surface area contributed by atoms with Crippen LogP contribution >= 0.6 is 11.8 Å². The van der Waals surface area contributed by atoms with E-state index in [1.54, 1.807) is 14.2 Å². The minimum atomic E-state index is -0.446. The zero-order valence-electron chi connectivity index (χ0n) is 17.1. The molecule has 0 bridgehead atoms. The van der Waals surface area contributed by atoms with Crippen LogP contribution in [0.4, 0.5) is 4.79 Å². The molecular weight excluding hydrogens is 390 g/mol. The predicted octanol–water partition coefficient (Wildman–Crippen LogP) is 4.01. The number of carbonyl (C=O) groups is 2. The minimum absolute atomic E-state index is 0.179. The first-order valence-electron chi connectivity index (χ1n) is 9.36. The Bertz CT molecular complexity index is 897. The molecule has 7 heteroatoms. The smallest absolute Gasteiger partial charge is 0.289 e. The number of hydrogen-bond donors (Lipinski definition) is 0. The third-order valence-corrected chi connectivity index (χ3v) is 5.93. The SMILES string of the molecule is COc1cc(C)c(C[C@H]2SC(=O)N(CCOc3ccc(C)cc3)C2=O)cc1OC. The van der Waals surface area contributed by atoms with Gasteiger partial charge < -0.3 is 14.2 Å². The van der Waals surface area contributed by atoms with E-state index in [9.17, 15) is 9.59 Å². The van der Waals surface area contributed by atoms with Gasteiger partial charge in [0.25, 0.3) is 5.24 Å². The molecule has 1 atom stereocenters. The summed E-state index contributed by atoms with van der Waals surface area (Å²) in [7, 11) is 3.16. The minimum Gasteiger partial charge on any atom is -0.493 e. The van der Waals surface area contributed by atoms with Crippen molar-refractivity contribution in [2.45, 2.75) is 25.5 Å². The highest BCUT2D eigenvalue weighted by Gasteiger charge is 2.39. The molecule has 1 aliphatic rings. The predicted molar refractivity (Wildman–Crippen MR) is 113 cm³/mol. The lowest BCUT2D eigenvalue weighted by atomic mass is 10.0. The standard InChI is InChI=1S/C22H25NO5S/c1-14-5-7-17(8-6-14)28-10-9-23-21(24)20(29-22(23)25)13-16-12-19(27-4)18(26-3)11-15(16)2/h5-8,11-12,20H,9-10,13H2,1-4H3/t20-/m1/s1.